The number of nitrogens with one attached hydrogen (secondary N) is 3. The van der Waals surface area contributed by atoms with Crippen LogP contribution in [0, 0.1) is 27.7 Å². The second kappa shape index (κ2) is 7.39. The lowest BCUT2D eigenvalue weighted by molar-refractivity contribution is 1.05. The third-order valence-corrected chi connectivity index (χ3v) is 4.12. The van der Waals surface area contributed by atoms with Gasteiger partial charge in [-0.3, -0.25) is 0 Å². The summed E-state index contributed by atoms with van der Waals surface area (Å²) in [7, 11) is 1.79. The molecule has 3 aromatic rings. The quantitative estimate of drug-likeness (QED) is 0.624. The van der Waals surface area contributed by atoms with E-state index in [0.717, 1.165) is 22.5 Å². The van der Waals surface area contributed by atoms with Gasteiger partial charge in [-0.1, -0.05) is 35.4 Å². The Morgan fingerprint density at radius 1 is 0.615 bits per heavy atom. The van der Waals surface area contributed by atoms with Gasteiger partial charge >= 0.3 is 0 Å². The predicted molar refractivity (Wildman–Crippen MR) is 108 cm³/mol. The molecular formula is C20H24N6. The molecule has 1 aromatic heterocycles. The average Bonchev–Trinajstić information content (AvgIpc) is 2.60. The summed E-state index contributed by atoms with van der Waals surface area (Å²) in [5.41, 5.74) is 6.66. The SMILES string of the molecule is CNc1nc(Nc2ccc(C)cc2C)nc(Nc2ccc(C)cc2C)n1. The van der Waals surface area contributed by atoms with Crippen LogP contribution in [-0.2, 0) is 0 Å². The zero-order valence-corrected chi connectivity index (χ0v) is 15.8. The highest BCUT2D eigenvalue weighted by molar-refractivity contribution is 5.63. The highest BCUT2D eigenvalue weighted by atomic mass is 15.3. The van der Waals surface area contributed by atoms with Gasteiger partial charge in [-0.15, -0.1) is 0 Å². The van der Waals surface area contributed by atoms with Gasteiger partial charge in [0.05, 0.1) is 0 Å². The Balaban J connectivity index is 1.91. The van der Waals surface area contributed by atoms with Gasteiger partial charge < -0.3 is 16.0 Å². The highest BCUT2D eigenvalue weighted by Crippen LogP contribution is 2.23. The summed E-state index contributed by atoms with van der Waals surface area (Å²) in [6, 6.07) is 12.4. The topological polar surface area (TPSA) is 74.8 Å². The summed E-state index contributed by atoms with van der Waals surface area (Å²) in [6.45, 7) is 8.27. The lowest BCUT2D eigenvalue weighted by Gasteiger charge is -2.13. The number of anilines is 5. The Kier molecular flexibility index (Phi) is 5.02. The van der Waals surface area contributed by atoms with Crippen LogP contribution in [0.1, 0.15) is 22.3 Å². The summed E-state index contributed by atoms with van der Waals surface area (Å²) in [5, 5.41) is 9.55. The Hall–Kier alpha value is -3.15. The molecule has 0 saturated heterocycles. The molecule has 3 N–H and O–H groups in total. The molecular weight excluding hydrogens is 324 g/mol. The van der Waals surface area contributed by atoms with Crippen molar-refractivity contribution in [2.75, 3.05) is 23.0 Å². The fraction of sp³-hybridized carbons (Fsp3) is 0.250. The van der Waals surface area contributed by atoms with Gasteiger partial charge in [0.1, 0.15) is 0 Å². The van der Waals surface area contributed by atoms with Gasteiger partial charge in [-0.2, -0.15) is 15.0 Å². The van der Waals surface area contributed by atoms with Crippen molar-refractivity contribution in [3.8, 4) is 0 Å². The molecule has 0 atom stereocenters. The molecule has 0 aliphatic rings. The predicted octanol–water partition coefficient (Wildman–Crippen LogP) is 4.63. The second-order valence-corrected chi connectivity index (χ2v) is 6.44. The third-order valence-electron chi connectivity index (χ3n) is 4.12. The average molecular weight is 348 g/mol. The minimum absolute atomic E-state index is 0.489. The normalized spacial score (nSPS) is 10.5. The number of aryl methyl sites for hydroxylation is 4. The van der Waals surface area contributed by atoms with E-state index in [9.17, 15) is 0 Å². The van der Waals surface area contributed by atoms with E-state index >= 15 is 0 Å². The van der Waals surface area contributed by atoms with Gasteiger partial charge in [0.25, 0.3) is 0 Å². The Bertz CT molecular complexity index is 864. The van der Waals surface area contributed by atoms with E-state index in [1.165, 1.54) is 11.1 Å². The Morgan fingerprint density at radius 3 is 1.42 bits per heavy atom. The van der Waals surface area contributed by atoms with Crippen LogP contribution in [0.15, 0.2) is 36.4 Å². The highest BCUT2D eigenvalue weighted by Gasteiger charge is 2.09. The summed E-state index contributed by atoms with van der Waals surface area (Å²) in [6.07, 6.45) is 0. The zero-order chi connectivity index (χ0) is 18.7. The van der Waals surface area contributed by atoms with E-state index < -0.39 is 0 Å². The molecule has 6 heteroatoms. The van der Waals surface area contributed by atoms with E-state index in [1.54, 1.807) is 7.05 Å². The summed E-state index contributed by atoms with van der Waals surface area (Å²) >= 11 is 0. The molecule has 0 fully saturated rings. The standard InChI is InChI=1S/C20H24N6/c1-12-6-8-16(14(3)10-12)22-19-24-18(21-5)25-20(26-19)23-17-9-7-13(2)11-15(17)4/h6-11H,1-5H3,(H3,21,22,23,24,25,26). The molecule has 0 bridgehead atoms. The first-order valence-electron chi connectivity index (χ1n) is 8.57. The van der Waals surface area contributed by atoms with Crippen molar-refractivity contribution in [1.82, 2.24) is 15.0 Å². The Labute approximate surface area is 154 Å². The van der Waals surface area contributed by atoms with E-state index in [0.29, 0.717) is 17.8 Å². The van der Waals surface area contributed by atoms with Crippen LogP contribution in [0.4, 0.5) is 29.2 Å². The smallest absolute Gasteiger partial charge is 0.233 e. The van der Waals surface area contributed by atoms with Crippen molar-refractivity contribution in [3.63, 3.8) is 0 Å². The third kappa shape index (κ3) is 4.08. The lowest BCUT2D eigenvalue weighted by Crippen LogP contribution is -2.08. The Morgan fingerprint density at radius 2 is 1.04 bits per heavy atom. The van der Waals surface area contributed by atoms with Gasteiger partial charge in [-0.25, -0.2) is 0 Å². The van der Waals surface area contributed by atoms with Crippen LogP contribution in [-0.4, -0.2) is 22.0 Å². The van der Waals surface area contributed by atoms with Gasteiger partial charge in [-0.05, 0) is 51.0 Å². The molecule has 0 unspecified atom stereocenters. The van der Waals surface area contributed by atoms with Crippen molar-refractivity contribution in [1.29, 1.82) is 0 Å². The van der Waals surface area contributed by atoms with E-state index in [2.05, 4.69) is 82.9 Å². The molecule has 0 amide bonds. The van der Waals surface area contributed by atoms with Crippen molar-refractivity contribution in [2.45, 2.75) is 27.7 Å². The van der Waals surface area contributed by atoms with Crippen LogP contribution in [0.3, 0.4) is 0 Å². The molecule has 3 rings (SSSR count). The van der Waals surface area contributed by atoms with Gasteiger partial charge in [0, 0.05) is 18.4 Å². The molecule has 2 aromatic carbocycles. The monoisotopic (exact) mass is 348 g/mol. The first-order chi connectivity index (χ1) is 12.4. The maximum absolute atomic E-state index is 4.51. The number of hydrogen-bond donors (Lipinski definition) is 3. The van der Waals surface area contributed by atoms with E-state index in [1.807, 2.05) is 12.1 Å². The minimum Gasteiger partial charge on any atom is -0.357 e. The van der Waals surface area contributed by atoms with Crippen molar-refractivity contribution >= 4 is 29.2 Å². The molecule has 6 nitrogen and oxygen atoms in total. The fourth-order valence-electron chi connectivity index (χ4n) is 2.75. The molecule has 26 heavy (non-hydrogen) atoms. The molecule has 0 spiro atoms. The van der Waals surface area contributed by atoms with Crippen LogP contribution in [0.5, 0.6) is 0 Å². The first kappa shape index (κ1) is 17.7. The largest absolute Gasteiger partial charge is 0.357 e. The minimum atomic E-state index is 0.489. The first-order valence-corrected chi connectivity index (χ1v) is 8.57. The summed E-state index contributed by atoms with van der Waals surface area (Å²) in [5.74, 6) is 1.48. The molecule has 0 aliphatic carbocycles. The van der Waals surface area contributed by atoms with Crippen molar-refractivity contribution in [3.05, 3.63) is 58.7 Å². The molecule has 134 valence electrons. The van der Waals surface area contributed by atoms with E-state index in [-0.39, 0.29) is 0 Å². The molecule has 0 saturated carbocycles. The number of nitrogens with zero attached hydrogens (tertiary/aromatic N) is 3. The maximum Gasteiger partial charge on any atom is 0.233 e. The van der Waals surface area contributed by atoms with Crippen LogP contribution in [0.25, 0.3) is 0 Å². The van der Waals surface area contributed by atoms with Crippen LogP contribution in [0.2, 0.25) is 0 Å². The number of aromatic nitrogens is 3. The van der Waals surface area contributed by atoms with Gasteiger partial charge in [0.15, 0.2) is 0 Å². The fourth-order valence-corrected chi connectivity index (χ4v) is 2.75. The van der Waals surface area contributed by atoms with Gasteiger partial charge in [0.2, 0.25) is 17.8 Å². The summed E-state index contributed by atoms with van der Waals surface area (Å²) < 4.78 is 0. The van der Waals surface area contributed by atoms with Crippen LogP contribution < -0.4 is 16.0 Å². The van der Waals surface area contributed by atoms with Crippen molar-refractivity contribution < 1.29 is 0 Å². The van der Waals surface area contributed by atoms with Crippen LogP contribution >= 0.6 is 0 Å². The maximum atomic E-state index is 4.51. The van der Waals surface area contributed by atoms with E-state index in [4.69, 9.17) is 0 Å². The number of hydrogen-bond acceptors (Lipinski definition) is 6. The molecule has 1 heterocycles. The zero-order valence-electron chi connectivity index (χ0n) is 15.8. The molecule has 0 aliphatic heterocycles. The summed E-state index contributed by atoms with van der Waals surface area (Å²) in [4.78, 5) is 13.3. The van der Waals surface area contributed by atoms with Crippen molar-refractivity contribution in [2.24, 2.45) is 0 Å². The number of rotatable bonds is 5. The second-order valence-electron chi connectivity index (χ2n) is 6.44. The lowest BCUT2D eigenvalue weighted by atomic mass is 10.1. The molecule has 0 radical (unpaired) electrons. The number of benzene rings is 2.